The second-order valence-corrected chi connectivity index (χ2v) is 5.38. The molecule has 5 nitrogen and oxygen atoms in total. The number of nitrogens with zero attached hydrogens (tertiary/aromatic N) is 1. The maximum Gasteiger partial charge on any atom is 0.191 e. The zero-order valence-electron chi connectivity index (χ0n) is 15.1. The number of ether oxygens (including phenoxy) is 2. The molecule has 0 amide bonds. The number of aliphatic imine (C=N–C) groups is 1. The van der Waals surface area contributed by atoms with Crippen LogP contribution in [0.2, 0.25) is 0 Å². The van der Waals surface area contributed by atoms with E-state index in [1.54, 1.807) is 7.11 Å². The van der Waals surface area contributed by atoms with E-state index in [0.717, 1.165) is 45.0 Å². The zero-order valence-corrected chi connectivity index (χ0v) is 17.5. The molecule has 0 fully saturated rings. The molecule has 0 bridgehead atoms. The van der Waals surface area contributed by atoms with Crippen LogP contribution in [0.1, 0.15) is 24.5 Å². The Balaban J connectivity index is 0.00000529. The van der Waals surface area contributed by atoms with Crippen molar-refractivity contribution < 1.29 is 9.47 Å². The topological polar surface area (TPSA) is 54.9 Å². The van der Waals surface area contributed by atoms with Gasteiger partial charge < -0.3 is 20.1 Å². The molecule has 1 aromatic rings. The summed E-state index contributed by atoms with van der Waals surface area (Å²) in [4.78, 5) is 4.56. The van der Waals surface area contributed by atoms with Crippen molar-refractivity contribution in [1.82, 2.24) is 10.6 Å². The lowest BCUT2D eigenvalue weighted by Gasteiger charge is -2.11. The molecule has 24 heavy (non-hydrogen) atoms. The van der Waals surface area contributed by atoms with Gasteiger partial charge >= 0.3 is 0 Å². The number of guanidine groups is 1. The Morgan fingerprint density at radius 1 is 1.08 bits per heavy atom. The molecule has 0 aliphatic rings. The second-order valence-electron chi connectivity index (χ2n) is 5.38. The van der Waals surface area contributed by atoms with Crippen molar-refractivity contribution >= 4 is 29.9 Å². The summed E-state index contributed by atoms with van der Waals surface area (Å²) in [6, 6.07) is 8.66. The standard InChI is InChI=1S/C18H31N3O2.HI/c1-4-19-18(20-11-5-13-23-15-14-22-3)21-12-10-17-8-6-16(2)7-9-17;/h6-9H,4-5,10-15H2,1-3H3,(H2,19,20,21);1H. The highest BCUT2D eigenvalue weighted by Gasteiger charge is 1.98. The minimum atomic E-state index is 0. The monoisotopic (exact) mass is 449 g/mol. The van der Waals surface area contributed by atoms with Crippen LogP contribution in [0.3, 0.4) is 0 Å². The summed E-state index contributed by atoms with van der Waals surface area (Å²) < 4.78 is 10.4. The van der Waals surface area contributed by atoms with E-state index in [4.69, 9.17) is 9.47 Å². The SMILES string of the molecule is CCNC(=NCCCOCCOC)NCCc1ccc(C)cc1.I. The number of nitrogens with one attached hydrogen (secondary N) is 2. The van der Waals surface area contributed by atoms with E-state index in [0.29, 0.717) is 13.2 Å². The number of hydrogen-bond donors (Lipinski definition) is 2. The van der Waals surface area contributed by atoms with Crippen LogP contribution in [-0.2, 0) is 15.9 Å². The quantitative estimate of drug-likeness (QED) is 0.236. The van der Waals surface area contributed by atoms with Crippen molar-refractivity contribution in [3.63, 3.8) is 0 Å². The van der Waals surface area contributed by atoms with Crippen molar-refractivity contribution in [2.45, 2.75) is 26.7 Å². The molecule has 0 aromatic heterocycles. The number of aryl methyl sites for hydroxylation is 1. The zero-order chi connectivity index (χ0) is 16.8. The predicted molar refractivity (Wildman–Crippen MR) is 112 cm³/mol. The fraction of sp³-hybridized carbons (Fsp3) is 0.611. The van der Waals surface area contributed by atoms with Crippen LogP contribution in [0.5, 0.6) is 0 Å². The Morgan fingerprint density at radius 2 is 1.83 bits per heavy atom. The minimum Gasteiger partial charge on any atom is -0.382 e. The molecule has 0 saturated carbocycles. The summed E-state index contributed by atoms with van der Waals surface area (Å²) in [7, 11) is 1.68. The van der Waals surface area contributed by atoms with Crippen LogP contribution in [0.25, 0.3) is 0 Å². The van der Waals surface area contributed by atoms with Crippen molar-refractivity contribution in [3.8, 4) is 0 Å². The van der Waals surface area contributed by atoms with Gasteiger partial charge in [0.25, 0.3) is 0 Å². The van der Waals surface area contributed by atoms with Gasteiger partial charge in [-0.3, -0.25) is 4.99 Å². The molecular formula is C18H32IN3O2. The van der Waals surface area contributed by atoms with Gasteiger partial charge in [-0.05, 0) is 32.3 Å². The molecule has 0 aliphatic carbocycles. The molecule has 1 aromatic carbocycles. The number of benzene rings is 1. The smallest absolute Gasteiger partial charge is 0.191 e. The van der Waals surface area contributed by atoms with E-state index in [9.17, 15) is 0 Å². The van der Waals surface area contributed by atoms with Gasteiger partial charge in [-0.1, -0.05) is 29.8 Å². The Morgan fingerprint density at radius 3 is 2.50 bits per heavy atom. The average Bonchev–Trinajstić information content (AvgIpc) is 2.56. The Bertz CT molecular complexity index is 438. The molecule has 0 unspecified atom stereocenters. The van der Waals surface area contributed by atoms with Gasteiger partial charge in [0.1, 0.15) is 0 Å². The number of methoxy groups -OCH3 is 1. The highest BCUT2D eigenvalue weighted by Crippen LogP contribution is 2.03. The molecule has 0 spiro atoms. The van der Waals surface area contributed by atoms with Gasteiger partial charge in [0, 0.05) is 33.4 Å². The summed E-state index contributed by atoms with van der Waals surface area (Å²) in [5.41, 5.74) is 2.63. The van der Waals surface area contributed by atoms with E-state index >= 15 is 0 Å². The van der Waals surface area contributed by atoms with Crippen molar-refractivity contribution in [2.24, 2.45) is 4.99 Å². The largest absolute Gasteiger partial charge is 0.382 e. The van der Waals surface area contributed by atoms with E-state index in [1.807, 2.05) is 0 Å². The van der Waals surface area contributed by atoms with Gasteiger partial charge in [-0.15, -0.1) is 24.0 Å². The van der Waals surface area contributed by atoms with Crippen molar-refractivity contribution in [3.05, 3.63) is 35.4 Å². The van der Waals surface area contributed by atoms with E-state index < -0.39 is 0 Å². The van der Waals surface area contributed by atoms with Crippen molar-refractivity contribution in [1.29, 1.82) is 0 Å². The fourth-order valence-corrected chi connectivity index (χ4v) is 2.02. The van der Waals surface area contributed by atoms with Crippen LogP contribution in [0, 0.1) is 6.92 Å². The molecule has 0 radical (unpaired) electrons. The van der Waals surface area contributed by atoms with Crippen LogP contribution in [0.15, 0.2) is 29.3 Å². The summed E-state index contributed by atoms with van der Waals surface area (Å²) in [5, 5.41) is 6.64. The molecule has 2 N–H and O–H groups in total. The third-order valence-corrected chi connectivity index (χ3v) is 3.32. The third-order valence-electron chi connectivity index (χ3n) is 3.32. The molecule has 1 rings (SSSR count). The van der Waals surface area contributed by atoms with Crippen LogP contribution in [-0.4, -0.2) is 52.5 Å². The van der Waals surface area contributed by atoms with Gasteiger partial charge in [-0.2, -0.15) is 0 Å². The molecule has 0 saturated heterocycles. The Kier molecular flexibility index (Phi) is 15.1. The highest BCUT2D eigenvalue weighted by atomic mass is 127. The van der Waals surface area contributed by atoms with Crippen LogP contribution < -0.4 is 10.6 Å². The normalized spacial score (nSPS) is 11.0. The van der Waals surface area contributed by atoms with E-state index in [2.05, 4.69) is 53.7 Å². The Labute approximate surface area is 163 Å². The van der Waals surface area contributed by atoms with Gasteiger partial charge in [0.15, 0.2) is 5.96 Å². The van der Waals surface area contributed by atoms with Crippen LogP contribution in [0.4, 0.5) is 0 Å². The molecule has 138 valence electrons. The number of halogens is 1. The highest BCUT2D eigenvalue weighted by molar-refractivity contribution is 14.0. The second kappa shape index (κ2) is 15.7. The summed E-state index contributed by atoms with van der Waals surface area (Å²) in [6.07, 6.45) is 1.91. The fourth-order valence-electron chi connectivity index (χ4n) is 2.02. The first-order valence-electron chi connectivity index (χ1n) is 8.40. The first kappa shape index (κ1) is 23.1. The van der Waals surface area contributed by atoms with E-state index in [-0.39, 0.29) is 24.0 Å². The Hall–Kier alpha value is -0.860. The van der Waals surface area contributed by atoms with E-state index in [1.165, 1.54) is 11.1 Å². The first-order chi connectivity index (χ1) is 11.3. The lowest BCUT2D eigenvalue weighted by atomic mass is 10.1. The lowest BCUT2D eigenvalue weighted by Crippen LogP contribution is -2.38. The number of rotatable bonds is 11. The summed E-state index contributed by atoms with van der Waals surface area (Å²) in [5.74, 6) is 0.872. The molecule has 6 heteroatoms. The van der Waals surface area contributed by atoms with Gasteiger partial charge in [-0.25, -0.2) is 0 Å². The molecule has 0 atom stereocenters. The van der Waals surface area contributed by atoms with Crippen LogP contribution >= 0.6 is 24.0 Å². The molecule has 0 aliphatic heterocycles. The average molecular weight is 449 g/mol. The van der Waals surface area contributed by atoms with Gasteiger partial charge in [0.2, 0.25) is 0 Å². The minimum absolute atomic E-state index is 0. The van der Waals surface area contributed by atoms with Crippen molar-refractivity contribution in [2.75, 3.05) is 46.6 Å². The molecular weight excluding hydrogens is 417 g/mol. The first-order valence-corrected chi connectivity index (χ1v) is 8.40. The summed E-state index contributed by atoms with van der Waals surface area (Å²) >= 11 is 0. The predicted octanol–water partition coefficient (Wildman–Crippen LogP) is 2.76. The third kappa shape index (κ3) is 11.6. The molecule has 0 heterocycles. The summed E-state index contributed by atoms with van der Waals surface area (Å²) in [6.45, 7) is 8.69. The maximum atomic E-state index is 5.43. The van der Waals surface area contributed by atoms with Gasteiger partial charge in [0.05, 0.1) is 13.2 Å². The lowest BCUT2D eigenvalue weighted by molar-refractivity contribution is 0.0702. The number of hydrogen-bond acceptors (Lipinski definition) is 3. The maximum absolute atomic E-state index is 5.43.